The molecule has 0 unspecified atom stereocenters. The van der Waals surface area contributed by atoms with Crippen molar-refractivity contribution in [3.63, 3.8) is 0 Å². The summed E-state index contributed by atoms with van der Waals surface area (Å²) in [4.78, 5) is 0.0249. The van der Waals surface area contributed by atoms with Crippen LogP contribution in [0.15, 0.2) is 17.0 Å². The molecule has 0 radical (unpaired) electrons. The molecule has 0 amide bonds. The van der Waals surface area contributed by atoms with Gasteiger partial charge in [-0.3, -0.25) is 0 Å². The first kappa shape index (κ1) is 16.3. The van der Waals surface area contributed by atoms with E-state index in [0.717, 1.165) is 12.6 Å². The topological polar surface area (TPSA) is 37.4 Å². The lowest BCUT2D eigenvalue weighted by Crippen LogP contribution is -2.32. The Kier molecular flexibility index (Phi) is 5.29. The standard InChI is InChI=1S/C12H16ClF2NO2S/c1-8-4-9(2)11(5-10(8)6-13)19(17,18)16(3)7-12(14)15/h4-5,12H,6-7H2,1-3H3. The predicted molar refractivity (Wildman–Crippen MR) is 71.3 cm³/mol. The van der Waals surface area contributed by atoms with Crippen LogP contribution in [-0.4, -0.2) is 32.7 Å². The summed E-state index contributed by atoms with van der Waals surface area (Å²) in [5.41, 5.74) is 2.08. The summed E-state index contributed by atoms with van der Waals surface area (Å²) < 4.78 is 49.7. The zero-order chi connectivity index (χ0) is 14.8. The van der Waals surface area contributed by atoms with E-state index < -0.39 is 23.0 Å². The number of halogens is 3. The van der Waals surface area contributed by atoms with E-state index in [1.165, 1.54) is 6.07 Å². The van der Waals surface area contributed by atoms with Gasteiger partial charge >= 0.3 is 0 Å². The Balaban J connectivity index is 3.28. The number of sulfonamides is 1. The number of aryl methyl sites for hydroxylation is 2. The van der Waals surface area contributed by atoms with Gasteiger partial charge in [-0.05, 0) is 36.6 Å². The summed E-state index contributed by atoms with van der Waals surface area (Å²) in [6, 6.07) is 3.15. The largest absolute Gasteiger partial charge is 0.252 e. The van der Waals surface area contributed by atoms with E-state index >= 15 is 0 Å². The molecule has 1 rings (SSSR count). The van der Waals surface area contributed by atoms with Gasteiger partial charge in [-0.25, -0.2) is 17.2 Å². The van der Waals surface area contributed by atoms with Crippen LogP contribution in [0.5, 0.6) is 0 Å². The summed E-state index contributed by atoms with van der Waals surface area (Å²) in [5, 5.41) is 0. The minimum absolute atomic E-state index is 0.0249. The molecule has 0 saturated carbocycles. The third kappa shape index (κ3) is 3.64. The maximum absolute atomic E-state index is 12.3. The van der Waals surface area contributed by atoms with Crippen molar-refractivity contribution < 1.29 is 17.2 Å². The van der Waals surface area contributed by atoms with E-state index in [9.17, 15) is 17.2 Å². The lowest BCUT2D eigenvalue weighted by atomic mass is 10.1. The molecule has 0 N–H and O–H groups in total. The fraction of sp³-hybridized carbons (Fsp3) is 0.500. The summed E-state index contributed by atoms with van der Waals surface area (Å²) >= 11 is 5.74. The molecule has 0 heterocycles. The first-order valence-corrected chi connectivity index (χ1v) is 7.58. The monoisotopic (exact) mass is 311 g/mol. The van der Waals surface area contributed by atoms with Crippen molar-refractivity contribution in [3.05, 3.63) is 28.8 Å². The third-order valence-corrected chi connectivity index (χ3v) is 5.11. The Labute approximate surface area is 117 Å². The minimum atomic E-state index is -3.92. The molecule has 0 aliphatic carbocycles. The molecule has 0 aliphatic heterocycles. The van der Waals surface area contributed by atoms with Crippen molar-refractivity contribution in [2.75, 3.05) is 13.6 Å². The molecule has 0 aromatic heterocycles. The Morgan fingerprint density at radius 2 is 1.84 bits per heavy atom. The molecule has 1 aromatic rings. The molecule has 3 nitrogen and oxygen atoms in total. The molecule has 108 valence electrons. The quantitative estimate of drug-likeness (QED) is 0.784. The number of hydrogen-bond donors (Lipinski definition) is 0. The van der Waals surface area contributed by atoms with E-state index in [4.69, 9.17) is 11.6 Å². The molecule has 0 fully saturated rings. The Hall–Kier alpha value is -0.720. The van der Waals surface area contributed by atoms with Crippen LogP contribution in [0.3, 0.4) is 0 Å². The second-order valence-corrected chi connectivity index (χ2v) is 6.64. The fourth-order valence-corrected chi connectivity index (χ4v) is 3.45. The smallest absolute Gasteiger partial charge is 0.209 e. The number of benzene rings is 1. The van der Waals surface area contributed by atoms with Crippen LogP contribution in [0.2, 0.25) is 0 Å². The highest BCUT2D eigenvalue weighted by Gasteiger charge is 2.25. The Bertz CT molecular complexity index is 561. The molecule has 7 heteroatoms. The number of hydrogen-bond acceptors (Lipinski definition) is 2. The highest BCUT2D eigenvalue weighted by atomic mass is 35.5. The van der Waals surface area contributed by atoms with E-state index in [0.29, 0.717) is 15.4 Å². The zero-order valence-corrected chi connectivity index (χ0v) is 12.5. The van der Waals surface area contributed by atoms with Crippen LogP contribution in [-0.2, 0) is 15.9 Å². The van der Waals surface area contributed by atoms with Gasteiger partial charge in [0.15, 0.2) is 0 Å². The second kappa shape index (κ2) is 6.15. The average Bonchev–Trinajstić information content (AvgIpc) is 2.27. The molecule has 0 saturated heterocycles. The summed E-state index contributed by atoms with van der Waals surface area (Å²) in [6.07, 6.45) is -2.71. The van der Waals surface area contributed by atoms with Gasteiger partial charge in [0.2, 0.25) is 10.0 Å². The number of rotatable bonds is 5. The van der Waals surface area contributed by atoms with Crippen LogP contribution in [0.25, 0.3) is 0 Å². The minimum Gasteiger partial charge on any atom is -0.209 e. The zero-order valence-electron chi connectivity index (χ0n) is 11.0. The third-order valence-electron chi connectivity index (χ3n) is 2.86. The van der Waals surface area contributed by atoms with Crippen LogP contribution in [0, 0.1) is 13.8 Å². The van der Waals surface area contributed by atoms with Gasteiger partial charge in [-0.2, -0.15) is 4.31 Å². The SMILES string of the molecule is Cc1cc(C)c(S(=O)(=O)N(C)CC(F)F)cc1CCl. The van der Waals surface area contributed by atoms with Gasteiger partial charge in [-0.1, -0.05) is 6.07 Å². The van der Waals surface area contributed by atoms with Crippen molar-refractivity contribution in [3.8, 4) is 0 Å². The predicted octanol–water partition coefficient (Wildman–Crippen LogP) is 2.93. The van der Waals surface area contributed by atoms with E-state index in [2.05, 4.69) is 0 Å². The molecule has 0 spiro atoms. The van der Waals surface area contributed by atoms with Gasteiger partial charge in [0.1, 0.15) is 0 Å². The van der Waals surface area contributed by atoms with Gasteiger partial charge in [-0.15, -0.1) is 11.6 Å². The summed E-state index contributed by atoms with van der Waals surface area (Å²) in [6.45, 7) is 2.63. The first-order valence-electron chi connectivity index (χ1n) is 5.60. The maximum atomic E-state index is 12.3. The van der Waals surface area contributed by atoms with Gasteiger partial charge < -0.3 is 0 Å². The Morgan fingerprint density at radius 1 is 1.26 bits per heavy atom. The molecule has 0 atom stereocenters. The summed E-state index contributed by atoms with van der Waals surface area (Å²) in [7, 11) is -2.78. The van der Waals surface area contributed by atoms with Crippen LogP contribution >= 0.6 is 11.6 Å². The lowest BCUT2D eigenvalue weighted by Gasteiger charge is -2.19. The van der Waals surface area contributed by atoms with Crippen molar-refractivity contribution in [1.29, 1.82) is 0 Å². The Morgan fingerprint density at radius 3 is 2.32 bits per heavy atom. The molecule has 19 heavy (non-hydrogen) atoms. The van der Waals surface area contributed by atoms with E-state index in [1.54, 1.807) is 13.0 Å². The highest BCUT2D eigenvalue weighted by molar-refractivity contribution is 7.89. The van der Waals surface area contributed by atoms with Crippen LogP contribution in [0.1, 0.15) is 16.7 Å². The maximum Gasteiger partial charge on any atom is 0.252 e. The lowest BCUT2D eigenvalue weighted by molar-refractivity contribution is 0.126. The van der Waals surface area contributed by atoms with Crippen LogP contribution < -0.4 is 0 Å². The average molecular weight is 312 g/mol. The molecule has 0 bridgehead atoms. The normalized spacial score (nSPS) is 12.4. The van der Waals surface area contributed by atoms with Gasteiger partial charge in [0.25, 0.3) is 6.43 Å². The van der Waals surface area contributed by atoms with Crippen molar-refractivity contribution in [2.24, 2.45) is 0 Å². The number of alkyl halides is 3. The second-order valence-electron chi connectivity index (χ2n) is 4.35. The molecular formula is C12H16ClF2NO2S. The van der Waals surface area contributed by atoms with Gasteiger partial charge in [0.05, 0.1) is 11.4 Å². The molecule has 0 aliphatic rings. The number of nitrogens with zero attached hydrogens (tertiary/aromatic N) is 1. The van der Waals surface area contributed by atoms with Crippen molar-refractivity contribution in [2.45, 2.75) is 31.0 Å². The van der Waals surface area contributed by atoms with Crippen molar-refractivity contribution in [1.82, 2.24) is 4.31 Å². The first-order chi connectivity index (χ1) is 8.70. The van der Waals surface area contributed by atoms with E-state index in [-0.39, 0.29) is 10.8 Å². The molecular weight excluding hydrogens is 296 g/mol. The van der Waals surface area contributed by atoms with E-state index in [1.807, 2.05) is 6.92 Å². The van der Waals surface area contributed by atoms with Gasteiger partial charge in [0, 0.05) is 12.9 Å². The highest BCUT2D eigenvalue weighted by Crippen LogP contribution is 2.24. The van der Waals surface area contributed by atoms with Crippen LogP contribution in [0.4, 0.5) is 8.78 Å². The molecule has 1 aromatic carbocycles. The summed E-state index contributed by atoms with van der Waals surface area (Å²) in [5.74, 6) is 0.174. The fourth-order valence-electron chi connectivity index (χ4n) is 1.76. The van der Waals surface area contributed by atoms with Crippen molar-refractivity contribution >= 4 is 21.6 Å².